The van der Waals surface area contributed by atoms with Crippen LogP contribution in [0.25, 0.3) is 0 Å². The number of hydrogen-bond donors (Lipinski definition) is 2. The van der Waals surface area contributed by atoms with E-state index in [1.165, 1.54) is 5.56 Å². The van der Waals surface area contributed by atoms with E-state index in [9.17, 15) is 5.11 Å². The van der Waals surface area contributed by atoms with Gasteiger partial charge in [-0.05, 0) is 50.9 Å². The first-order chi connectivity index (χ1) is 9.19. The Bertz CT molecular complexity index is 407. The van der Waals surface area contributed by atoms with Crippen molar-refractivity contribution in [2.24, 2.45) is 0 Å². The minimum atomic E-state index is -0.157. The van der Waals surface area contributed by atoms with Gasteiger partial charge < -0.3 is 15.3 Å². The highest BCUT2D eigenvalue weighted by molar-refractivity contribution is 5.52. The van der Waals surface area contributed by atoms with Crippen molar-refractivity contribution in [2.75, 3.05) is 31.6 Å². The maximum Gasteiger partial charge on any atom is 0.0662 e. The SMILES string of the molecule is CCN1CCCC(CO)(Nc2ccccc2C)CC1. The molecule has 1 atom stereocenters. The second-order valence-electron chi connectivity index (χ2n) is 5.67. The van der Waals surface area contributed by atoms with Crippen molar-refractivity contribution in [1.29, 1.82) is 0 Å². The maximum atomic E-state index is 9.90. The smallest absolute Gasteiger partial charge is 0.0662 e. The third kappa shape index (κ3) is 3.48. The fourth-order valence-electron chi connectivity index (χ4n) is 2.89. The van der Waals surface area contributed by atoms with E-state index < -0.39 is 0 Å². The summed E-state index contributed by atoms with van der Waals surface area (Å²) in [6.45, 7) is 7.84. The maximum absolute atomic E-state index is 9.90. The van der Waals surface area contributed by atoms with Crippen molar-refractivity contribution in [3.8, 4) is 0 Å². The standard InChI is InChI=1S/C16H26N2O/c1-3-18-11-6-9-16(13-19,10-12-18)17-15-8-5-4-7-14(15)2/h4-5,7-8,17,19H,3,6,9-13H2,1-2H3. The van der Waals surface area contributed by atoms with E-state index >= 15 is 0 Å². The Labute approximate surface area is 116 Å². The molecule has 0 amide bonds. The molecule has 1 aliphatic heterocycles. The lowest BCUT2D eigenvalue weighted by Gasteiger charge is -2.34. The van der Waals surface area contributed by atoms with Gasteiger partial charge in [-0.2, -0.15) is 0 Å². The number of nitrogens with one attached hydrogen (secondary N) is 1. The van der Waals surface area contributed by atoms with Crippen LogP contribution in [-0.2, 0) is 0 Å². The lowest BCUT2D eigenvalue weighted by molar-refractivity contribution is 0.193. The molecule has 2 N–H and O–H groups in total. The summed E-state index contributed by atoms with van der Waals surface area (Å²) in [5.74, 6) is 0. The number of aliphatic hydroxyl groups excluding tert-OH is 1. The van der Waals surface area contributed by atoms with Crippen LogP contribution in [0.3, 0.4) is 0 Å². The summed E-state index contributed by atoms with van der Waals surface area (Å²) in [6.07, 6.45) is 3.19. The van der Waals surface area contributed by atoms with E-state index in [2.05, 4.69) is 48.3 Å². The summed E-state index contributed by atoms with van der Waals surface area (Å²) in [5, 5.41) is 13.5. The topological polar surface area (TPSA) is 35.5 Å². The number of hydrogen-bond acceptors (Lipinski definition) is 3. The Morgan fingerprint density at radius 2 is 2.05 bits per heavy atom. The van der Waals surface area contributed by atoms with Gasteiger partial charge in [-0.1, -0.05) is 25.1 Å². The Morgan fingerprint density at radius 3 is 2.74 bits per heavy atom. The molecule has 0 radical (unpaired) electrons. The van der Waals surface area contributed by atoms with E-state index in [1.54, 1.807) is 0 Å². The van der Waals surface area contributed by atoms with E-state index in [4.69, 9.17) is 0 Å². The summed E-state index contributed by atoms with van der Waals surface area (Å²) in [7, 11) is 0. The van der Waals surface area contributed by atoms with Gasteiger partial charge in [0.25, 0.3) is 0 Å². The summed E-state index contributed by atoms with van der Waals surface area (Å²) < 4.78 is 0. The highest BCUT2D eigenvalue weighted by Gasteiger charge is 2.31. The van der Waals surface area contributed by atoms with E-state index in [-0.39, 0.29) is 12.1 Å². The van der Waals surface area contributed by atoms with Crippen molar-refractivity contribution in [3.63, 3.8) is 0 Å². The predicted octanol–water partition coefficient (Wildman–Crippen LogP) is 2.64. The zero-order chi connectivity index (χ0) is 13.7. The molecule has 3 heteroatoms. The molecule has 0 aliphatic carbocycles. The molecule has 1 saturated heterocycles. The van der Waals surface area contributed by atoms with Gasteiger partial charge in [-0.3, -0.25) is 0 Å². The van der Waals surface area contributed by atoms with Crippen LogP contribution in [0.15, 0.2) is 24.3 Å². The normalized spacial score (nSPS) is 25.0. The molecule has 1 unspecified atom stereocenters. The van der Waals surface area contributed by atoms with Gasteiger partial charge in [0.05, 0.1) is 12.1 Å². The number of para-hydroxylation sites is 1. The first-order valence-corrected chi connectivity index (χ1v) is 7.36. The molecule has 0 spiro atoms. The van der Waals surface area contributed by atoms with Gasteiger partial charge in [0.15, 0.2) is 0 Å². The molecule has 1 aliphatic rings. The van der Waals surface area contributed by atoms with Gasteiger partial charge in [0.1, 0.15) is 0 Å². The van der Waals surface area contributed by atoms with Crippen molar-refractivity contribution >= 4 is 5.69 Å². The summed E-state index contributed by atoms with van der Waals surface area (Å²) in [5.41, 5.74) is 2.24. The Hall–Kier alpha value is -1.06. The molecule has 0 bridgehead atoms. The van der Waals surface area contributed by atoms with Crippen LogP contribution >= 0.6 is 0 Å². The van der Waals surface area contributed by atoms with E-state index in [0.717, 1.165) is 44.6 Å². The molecule has 3 nitrogen and oxygen atoms in total. The third-order valence-corrected chi connectivity index (χ3v) is 4.33. The second kappa shape index (κ2) is 6.40. The molecule has 1 fully saturated rings. The van der Waals surface area contributed by atoms with Crippen molar-refractivity contribution < 1.29 is 5.11 Å². The molecule has 19 heavy (non-hydrogen) atoms. The Morgan fingerprint density at radius 1 is 1.26 bits per heavy atom. The molecular formula is C16H26N2O. The minimum absolute atomic E-state index is 0.157. The number of benzene rings is 1. The number of rotatable bonds is 4. The molecule has 1 aromatic carbocycles. The third-order valence-electron chi connectivity index (χ3n) is 4.33. The first-order valence-electron chi connectivity index (χ1n) is 7.36. The van der Waals surface area contributed by atoms with Crippen LogP contribution in [0.4, 0.5) is 5.69 Å². The van der Waals surface area contributed by atoms with Crippen LogP contribution in [0.2, 0.25) is 0 Å². The van der Waals surface area contributed by atoms with Crippen LogP contribution < -0.4 is 5.32 Å². The second-order valence-corrected chi connectivity index (χ2v) is 5.67. The number of aryl methyl sites for hydroxylation is 1. The molecule has 106 valence electrons. The molecule has 1 aromatic rings. The fourth-order valence-corrected chi connectivity index (χ4v) is 2.89. The molecule has 2 rings (SSSR count). The van der Waals surface area contributed by atoms with Crippen LogP contribution in [0, 0.1) is 6.92 Å². The Kier molecular flexibility index (Phi) is 4.83. The highest BCUT2D eigenvalue weighted by atomic mass is 16.3. The monoisotopic (exact) mass is 262 g/mol. The van der Waals surface area contributed by atoms with Gasteiger partial charge in [-0.25, -0.2) is 0 Å². The molecular weight excluding hydrogens is 236 g/mol. The molecule has 1 heterocycles. The van der Waals surface area contributed by atoms with Crippen molar-refractivity contribution in [1.82, 2.24) is 4.90 Å². The number of nitrogens with zero attached hydrogens (tertiary/aromatic N) is 1. The summed E-state index contributed by atoms with van der Waals surface area (Å²) >= 11 is 0. The van der Waals surface area contributed by atoms with Gasteiger partial charge in [0.2, 0.25) is 0 Å². The van der Waals surface area contributed by atoms with Gasteiger partial charge >= 0.3 is 0 Å². The average molecular weight is 262 g/mol. The van der Waals surface area contributed by atoms with Gasteiger partial charge in [0, 0.05) is 12.2 Å². The van der Waals surface area contributed by atoms with Crippen LogP contribution in [0.5, 0.6) is 0 Å². The van der Waals surface area contributed by atoms with E-state index in [1.807, 2.05) is 0 Å². The predicted molar refractivity (Wildman–Crippen MR) is 80.6 cm³/mol. The first kappa shape index (κ1) is 14.4. The van der Waals surface area contributed by atoms with E-state index in [0.29, 0.717) is 0 Å². The summed E-state index contributed by atoms with van der Waals surface area (Å²) in [4.78, 5) is 2.47. The number of anilines is 1. The van der Waals surface area contributed by atoms with Crippen molar-refractivity contribution in [3.05, 3.63) is 29.8 Å². The molecule has 0 saturated carbocycles. The highest BCUT2D eigenvalue weighted by Crippen LogP contribution is 2.28. The lowest BCUT2D eigenvalue weighted by atomic mass is 9.90. The zero-order valence-electron chi connectivity index (χ0n) is 12.2. The zero-order valence-corrected chi connectivity index (χ0v) is 12.2. The van der Waals surface area contributed by atoms with Crippen molar-refractivity contribution in [2.45, 2.75) is 38.6 Å². The van der Waals surface area contributed by atoms with Crippen LogP contribution in [-0.4, -0.2) is 41.8 Å². The summed E-state index contributed by atoms with van der Waals surface area (Å²) in [6, 6.07) is 8.32. The van der Waals surface area contributed by atoms with Crippen LogP contribution in [0.1, 0.15) is 31.7 Å². The number of likely N-dealkylation sites (tertiary alicyclic amines) is 1. The molecule has 0 aromatic heterocycles. The number of aliphatic hydroxyl groups is 1. The fraction of sp³-hybridized carbons (Fsp3) is 0.625. The average Bonchev–Trinajstić information content (AvgIpc) is 2.64. The van der Waals surface area contributed by atoms with Gasteiger partial charge in [-0.15, -0.1) is 0 Å². The minimum Gasteiger partial charge on any atom is -0.394 e. The largest absolute Gasteiger partial charge is 0.394 e. The lowest BCUT2D eigenvalue weighted by Crippen LogP contribution is -2.43. The Balaban J connectivity index is 2.12. The quantitative estimate of drug-likeness (QED) is 0.875.